The summed E-state index contributed by atoms with van der Waals surface area (Å²) in [7, 11) is 1.63. The van der Waals surface area contributed by atoms with Gasteiger partial charge in [-0.25, -0.2) is 4.79 Å². The second-order valence-corrected chi connectivity index (χ2v) is 8.65. The molecule has 2 aliphatic carbocycles. The summed E-state index contributed by atoms with van der Waals surface area (Å²) in [6.45, 7) is 7.44. The van der Waals surface area contributed by atoms with E-state index in [1.165, 1.54) is 0 Å². The lowest BCUT2D eigenvalue weighted by molar-refractivity contribution is -0.127. The number of carbonyl (C=O) groups excluding carboxylic acids is 2. The molecule has 28 heavy (non-hydrogen) atoms. The Hall–Kier alpha value is -2.50. The molecule has 0 spiro atoms. The number of hydrogen-bond acceptors (Lipinski definition) is 4. The van der Waals surface area contributed by atoms with Gasteiger partial charge in [-0.05, 0) is 63.6 Å². The summed E-state index contributed by atoms with van der Waals surface area (Å²) >= 11 is 0. The van der Waals surface area contributed by atoms with Crippen LogP contribution in [0, 0.1) is 17.8 Å². The zero-order valence-corrected chi connectivity index (χ0v) is 17.2. The van der Waals surface area contributed by atoms with Crippen molar-refractivity contribution >= 4 is 12.0 Å². The van der Waals surface area contributed by atoms with Crippen molar-refractivity contribution in [2.75, 3.05) is 7.11 Å². The Bertz CT molecular complexity index is 751. The molecule has 0 radical (unpaired) electrons. The highest BCUT2D eigenvalue weighted by Crippen LogP contribution is 2.44. The van der Waals surface area contributed by atoms with Crippen molar-refractivity contribution in [1.82, 2.24) is 10.6 Å². The van der Waals surface area contributed by atoms with Gasteiger partial charge >= 0.3 is 6.09 Å². The number of ether oxygens (including phenoxy) is 2. The van der Waals surface area contributed by atoms with E-state index in [4.69, 9.17) is 9.47 Å². The molecular formula is C22H30N2O4. The number of methoxy groups -OCH3 is 1. The Kier molecular flexibility index (Phi) is 5.68. The highest BCUT2D eigenvalue weighted by atomic mass is 16.6. The number of nitrogens with one attached hydrogen (secondary N) is 2. The molecule has 0 unspecified atom stereocenters. The quantitative estimate of drug-likeness (QED) is 0.758. The van der Waals surface area contributed by atoms with Crippen LogP contribution in [-0.4, -0.2) is 30.8 Å². The van der Waals surface area contributed by atoms with E-state index < -0.39 is 11.7 Å². The number of carbonyl (C=O) groups is 2. The second-order valence-electron chi connectivity index (χ2n) is 8.65. The third-order valence-corrected chi connectivity index (χ3v) is 5.42. The van der Waals surface area contributed by atoms with E-state index in [9.17, 15) is 9.59 Å². The first-order valence-corrected chi connectivity index (χ1v) is 9.80. The summed E-state index contributed by atoms with van der Waals surface area (Å²) in [6.07, 6.45) is 4.61. The zero-order chi connectivity index (χ0) is 20.5. The molecule has 0 aliphatic heterocycles. The smallest absolute Gasteiger partial charge is 0.407 e. The first kappa shape index (κ1) is 20.2. The minimum Gasteiger partial charge on any atom is -0.497 e. The lowest BCUT2D eigenvalue weighted by Crippen LogP contribution is -2.50. The molecule has 1 saturated carbocycles. The van der Waals surface area contributed by atoms with Gasteiger partial charge in [-0.15, -0.1) is 0 Å². The molecular weight excluding hydrogens is 356 g/mol. The fraction of sp³-hybridized carbons (Fsp3) is 0.545. The molecule has 1 aromatic rings. The van der Waals surface area contributed by atoms with E-state index in [0.29, 0.717) is 0 Å². The van der Waals surface area contributed by atoms with Gasteiger partial charge < -0.3 is 20.1 Å². The lowest BCUT2D eigenvalue weighted by atomic mass is 9.87. The molecule has 3 rings (SSSR count). The molecule has 1 aromatic carbocycles. The molecule has 152 valence electrons. The monoisotopic (exact) mass is 386 g/mol. The van der Waals surface area contributed by atoms with Gasteiger partial charge in [0, 0.05) is 0 Å². The van der Waals surface area contributed by atoms with E-state index in [2.05, 4.69) is 22.8 Å². The number of benzene rings is 1. The highest BCUT2D eigenvalue weighted by molar-refractivity contribution is 5.82. The van der Waals surface area contributed by atoms with Crippen molar-refractivity contribution in [3.05, 3.63) is 42.0 Å². The number of rotatable bonds is 5. The summed E-state index contributed by atoms with van der Waals surface area (Å²) in [5.74, 6) is 0.768. The van der Waals surface area contributed by atoms with Gasteiger partial charge in [-0.3, -0.25) is 4.79 Å². The summed E-state index contributed by atoms with van der Waals surface area (Å²) in [5.41, 5.74) is 0.433. The Labute approximate surface area is 166 Å². The van der Waals surface area contributed by atoms with Crippen LogP contribution in [0.2, 0.25) is 0 Å². The summed E-state index contributed by atoms with van der Waals surface area (Å²) in [4.78, 5) is 25.3. The van der Waals surface area contributed by atoms with Crippen LogP contribution in [0.4, 0.5) is 4.79 Å². The number of fused-ring (bicyclic) bond motifs is 2. The number of hydrogen-bond donors (Lipinski definition) is 2. The fourth-order valence-corrected chi connectivity index (χ4v) is 4.11. The van der Waals surface area contributed by atoms with Gasteiger partial charge in [0.15, 0.2) is 0 Å². The van der Waals surface area contributed by atoms with E-state index in [0.717, 1.165) is 17.7 Å². The number of amides is 2. The van der Waals surface area contributed by atoms with Crippen molar-refractivity contribution in [2.24, 2.45) is 17.8 Å². The topological polar surface area (TPSA) is 76.7 Å². The first-order chi connectivity index (χ1) is 13.2. The van der Waals surface area contributed by atoms with Gasteiger partial charge in [0.25, 0.3) is 0 Å². The Morgan fingerprint density at radius 3 is 2.36 bits per heavy atom. The summed E-state index contributed by atoms with van der Waals surface area (Å²) < 4.78 is 10.6. The van der Waals surface area contributed by atoms with Crippen molar-refractivity contribution in [3.63, 3.8) is 0 Å². The molecule has 2 N–H and O–H groups in total. The maximum absolute atomic E-state index is 13.1. The van der Waals surface area contributed by atoms with Crippen molar-refractivity contribution < 1.29 is 19.1 Å². The van der Waals surface area contributed by atoms with E-state index >= 15 is 0 Å². The zero-order valence-electron chi connectivity index (χ0n) is 17.2. The third kappa shape index (κ3) is 4.49. The number of alkyl carbamates (subject to hydrolysis) is 1. The van der Waals surface area contributed by atoms with Crippen LogP contribution >= 0.6 is 0 Å². The molecule has 0 saturated heterocycles. The van der Waals surface area contributed by atoms with Crippen molar-refractivity contribution in [3.8, 4) is 5.75 Å². The molecule has 1 fully saturated rings. The maximum atomic E-state index is 13.1. The van der Waals surface area contributed by atoms with Crippen LogP contribution in [0.3, 0.4) is 0 Å². The fourth-order valence-electron chi connectivity index (χ4n) is 4.11. The molecule has 6 heteroatoms. The SMILES string of the molecule is COc1ccc([C@@H](C)NC(=O)[C@H]2[C@@H](NC(=O)OC(C)(C)C)[C@H]3C=C[C@@H]2C3)cc1. The summed E-state index contributed by atoms with van der Waals surface area (Å²) in [5, 5.41) is 6.04. The van der Waals surface area contributed by atoms with Gasteiger partial charge in [0.1, 0.15) is 11.4 Å². The van der Waals surface area contributed by atoms with Crippen LogP contribution < -0.4 is 15.4 Å². The Balaban J connectivity index is 1.66. The average Bonchev–Trinajstić information content (AvgIpc) is 3.21. The molecule has 0 heterocycles. The highest BCUT2D eigenvalue weighted by Gasteiger charge is 2.49. The van der Waals surface area contributed by atoms with Crippen molar-refractivity contribution in [2.45, 2.75) is 51.8 Å². The Morgan fingerprint density at radius 2 is 1.75 bits per heavy atom. The summed E-state index contributed by atoms with van der Waals surface area (Å²) in [6, 6.07) is 7.27. The molecule has 5 atom stereocenters. The minimum absolute atomic E-state index is 0.0405. The molecule has 0 aromatic heterocycles. The van der Waals surface area contributed by atoms with E-state index in [1.807, 2.05) is 52.0 Å². The van der Waals surface area contributed by atoms with Gasteiger partial charge in [-0.1, -0.05) is 24.3 Å². The average molecular weight is 386 g/mol. The third-order valence-electron chi connectivity index (χ3n) is 5.42. The van der Waals surface area contributed by atoms with Crippen molar-refractivity contribution in [1.29, 1.82) is 0 Å². The predicted octanol–water partition coefficient (Wildman–Crippen LogP) is 3.59. The largest absolute Gasteiger partial charge is 0.497 e. The Morgan fingerprint density at radius 1 is 1.11 bits per heavy atom. The molecule has 6 nitrogen and oxygen atoms in total. The predicted molar refractivity (Wildman–Crippen MR) is 107 cm³/mol. The molecule has 2 aliphatic rings. The van der Waals surface area contributed by atoms with E-state index in [-0.39, 0.29) is 35.7 Å². The van der Waals surface area contributed by atoms with Crippen LogP contribution in [0.1, 0.15) is 45.7 Å². The minimum atomic E-state index is -0.571. The maximum Gasteiger partial charge on any atom is 0.407 e. The first-order valence-electron chi connectivity index (χ1n) is 9.80. The van der Waals surface area contributed by atoms with Crippen LogP contribution in [0.15, 0.2) is 36.4 Å². The normalized spacial score (nSPS) is 26.6. The van der Waals surface area contributed by atoms with Gasteiger partial charge in [-0.2, -0.15) is 0 Å². The van der Waals surface area contributed by atoms with Gasteiger partial charge in [0.2, 0.25) is 5.91 Å². The molecule has 2 bridgehead atoms. The standard InChI is InChI=1S/C22H30N2O4/c1-13(14-8-10-17(27-5)11-9-14)23-20(25)18-15-6-7-16(12-15)19(18)24-21(26)28-22(2,3)4/h6-11,13,15-16,18-19H,12H2,1-5H3,(H,23,25)(H,24,26)/t13-,15-,16+,18-,19+/m1/s1. The second kappa shape index (κ2) is 7.86. The molecule has 2 amide bonds. The van der Waals surface area contributed by atoms with E-state index in [1.54, 1.807) is 7.11 Å². The van der Waals surface area contributed by atoms with Gasteiger partial charge in [0.05, 0.1) is 25.1 Å². The number of allylic oxidation sites excluding steroid dienone is 1. The van der Waals surface area contributed by atoms with Crippen LogP contribution in [0.5, 0.6) is 5.75 Å². The van der Waals surface area contributed by atoms with Crippen LogP contribution in [0.25, 0.3) is 0 Å². The van der Waals surface area contributed by atoms with Crippen LogP contribution in [-0.2, 0) is 9.53 Å². The lowest BCUT2D eigenvalue weighted by Gasteiger charge is -2.30.